The molecule has 5 nitrogen and oxygen atoms in total. The van der Waals surface area contributed by atoms with E-state index in [1.165, 1.54) is 6.07 Å². The van der Waals surface area contributed by atoms with Crippen LogP contribution >= 0.6 is 11.6 Å². The van der Waals surface area contributed by atoms with Gasteiger partial charge in [-0.05, 0) is 31.0 Å². The van der Waals surface area contributed by atoms with E-state index in [-0.39, 0.29) is 16.9 Å². The highest BCUT2D eigenvalue weighted by Crippen LogP contribution is 2.32. The second kappa shape index (κ2) is 6.94. The van der Waals surface area contributed by atoms with E-state index in [1.54, 1.807) is 24.3 Å². The highest BCUT2D eigenvalue weighted by atomic mass is 35.5. The molecule has 6 heteroatoms. The number of esters is 1. The maximum atomic E-state index is 13.0. The number of ether oxygens (including phenoxy) is 2. The molecule has 2 heterocycles. The maximum absolute atomic E-state index is 13.0. The lowest BCUT2D eigenvalue weighted by molar-refractivity contribution is -0.144. The Morgan fingerprint density at radius 1 is 1.15 bits per heavy atom. The lowest BCUT2D eigenvalue weighted by Crippen LogP contribution is -2.27. The normalized spacial score (nSPS) is 16.7. The number of hydrogen-bond acceptors (Lipinski definition) is 5. The zero-order valence-electron chi connectivity index (χ0n) is 13.7. The highest BCUT2D eigenvalue weighted by Gasteiger charge is 2.28. The van der Waals surface area contributed by atoms with Crippen LogP contribution in [0.15, 0.2) is 57.7 Å². The molecule has 0 radical (unpaired) electrons. The van der Waals surface area contributed by atoms with Crippen LogP contribution in [0.1, 0.15) is 12.8 Å². The van der Waals surface area contributed by atoms with Gasteiger partial charge < -0.3 is 13.9 Å². The molecule has 1 aliphatic rings. The predicted octanol–water partition coefficient (Wildman–Crippen LogP) is 4.20. The summed E-state index contributed by atoms with van der Waals surface area (Å²) in [4.78, 5) is 25.4. The zero-order valence-corrected chi connectivity index (χ0v) is 14.5. The van der Waals surface area contributed by atoms with Crippen molar-refractivity contribution in [2.45, 2.75) is 18.9 Å². The Labute approximate surface area is 154 Å². The van der Waals surface area contributed by atoms with E-state index in [4.69, 9.17) is 25.5 Å². The third-order valence-corrected chi connectivity index (χ3v) is 4.48. The fourth-order valence-electron chi connectivity index (χ4n) is 2.95. The standard InChI is InChI=1S/C20H15ClO5/c21-13-8-9-15-14(11-13)17(22)19(26-20(23)16-7-4-10-24-16)18(25-15)12-5-2-1-3-6-12/h1-3,5-6,8-9,11,16H,4,7,10H2/t16-/m0/s1. The molecule has 26 heavy (non-hydrogen) atoms. The molecule has 4 rings (SSSR count). The summed E-state index contributed by atoms with van der Waals surface area (Å²) in [5.74, 6) is -0.531. The molecule has 1 aliphatic heterocycles. The quantitative estimate of drug-likeness (QED) is 0.646. The van der Waals surface area contributed by atoms with Crippen molar-refractivity contribution in [2.24, 2.45) is 0 Å². The van der Waals surface area contributed by atoms with Crippen LogP contribution in [0.4, 0.5) is 0 Å². The van der Waals surface area contributed by atoms with Crippen molar-refractivity contribution in [2.75, 3.05) is 6.61 Å². The monoisotopic (exact) mass is 370 g/mol. The van der Waals surface area contributed by atoms with E-state index in [0.29, 0.717) is 29.2 Å². The Kier molecular flexibility index (Phi) is 4.49. The summed E-state index contributed by atoms with van der Waals surface area (Å²) in [6, 6.07) is 13.8. The third kappa shape index (κ3) is 3.11. The zero-order chi connectivity index (χ0) is 18.1. The Morgan fingerprint density at radius 3 is 2.69 bits per heavy atom. The molecule has 1 aromatic heterocycles. The molecule has 0 aliphatic carbocycles. The molecule has 0 amide bonds. The fraction of sp³-hybridized carbons (Fsp3) is 0.200. The van der Waals surface area contributed by atoms with Crippen molar-refractivity contribution in [1.82, 2.24) is 0 Å². The first-order valence-corrected chi connectivity index (χ1v) is 8.66. The van der Waals surface area contributed by atoms with Gasteiger partial charge in [0, 0.05) is 17.2 Å². The number of rotatable bonds is 3. The summed E-state index contributed by atoms with van der Waals surface area (Å²) in [5.41, 5.74) is 0.561. The SMILES string of the molecule is O=C(Oc1c(-c2ccccc2)oc2ccc(Cl)cc2c1=O)[C@@H]1CCCO1. The summed E-state index contributed by atoms with van der Waals surface area (Å²) in [5, 5.41) is 0.654. The molecule has 1 atom stereocenters. The van der Waals surface area contributed by atoms with Crippen LogP contribution in [0.2, 0.25) is 5.02 Å². The maximum Gasteiger partial charge on any atom is 0.340 e. The van der Waals surface area contributed by atoms with Crippen LogP contribution in [0.25, 0.3) is 22.3 Å². The van der Waals surface area contributed by atoms with Crippen molar-refractivity contribution in [3.63, 3.8) is 0 Å². The van der Waals surface area contributed by atoms with E-state index >= 15 is 0 Å². The Bertz CT molecular complexity index is 1020. The summed E-state index contributed by atoms with van der Waals surface area (Å²) in [7, 11) is 0. The van der Waals surface area contributed by atoms with Crippen LogP contribution < -0.4 is 10.2 Å². The summed E-state index contributed by atoms with van der Waals surface area (Å²) < 4.78 is 16.7. The van der Waals surface area contributed by atoms with Crippen molar-refractivity contribution < 1.29 is 18.7 Å². The molecular formula is C20H15ClO5. The van der Waals surface area contributed by atoms with Gasteiger partial charge in [-0.1, -0.05) is 41.9 Å². The molecule has 0 spiro atoms. The van der Waals surface area contributed by atoms with E-state index in [1.807, 2.05) is 18.2 Å². The predicted molar refractivity (Wildman–Crippen MR) is 97.5 cm³/mol. The number of hydrogen-bond donors (Lipinski definition) is 0. The van der Waals surface area contributed by atoms with E-state index in [0.717, 1.165) is 6.42 Å². The van der Waals surface area contributed by atoms with Crippen molar-refractivity contribution in [1.29, 1.82) is 0 Å². The van der Waals surface area contributed by atoms with Crippen LogP contribution in [-0.4, -0.2) is 18.7 Å². The molecule has 1 fully saturated rings. The Hall–Kier alpha value is -2.63. The molecule has 2 aromatic carbocycles. The van der Waals surface area contributed by atoms with E-state index in [9.17, 15) is 9.59 Å². The highest BCUT2D eigenvalue weighted by molar-refractivity contribution is 6.31. The van der Waals surface area contributed by atoms with Gasteiger partial charge in [0.15, 0.2) is 11.9 Å². The van der Waals surface area contributed by atoms with Crippen LogP contribution in [0, 0.1) is 0 Å². The molecular weight excluding hydrogens is 356 g/mol. The Morgan fingerprint density at radius 2 is 1.96 bits per heavy atom. The number of carbonyl (C=O) groups is 1. The van der Waals surface area contributed by atoms with Crippen molar-refractivity contribution in [3.8, 4) is 17.1 Å². The first-order chi connectivity index (χ1) is 12.6. The lowest BCUT2D eigenvalue weighted by atomic mass is 10.1. The topological polar surface area (TPSA) is 65.7 Å². The number of halogens is 1. The fourth-order valence-corrected chi connectivity index (χ4v) is 3.12. The van der Waals surface area contributed by atoms with Crippen LogP contribution in [-0.2, 0) is 9.53 Å². The van der Waals surface area contributed by atoms with Crippen LogP contribution in [0.5, 0.6) is 5.75 Å². The average molecular weight is 371 g/mol. The van der Waals surface area contributed by atoms with Gasteiger partial charge in [-0.2, -0.15) is 0 Å². The van der Waals surface area contributed by atoms with Gasteiger partial charge in [0.1, 0.15) is 5.58 Å². The number of carbonyl (C=O) groups excluding carboxylic acids is 1. The van der Waals surface area contributed by atoms with Gasteiger partial charge in [-0.3, -0.25) is 4.79 Å². The number of benzene rings is 2. The third-order valence-electron chi connectivity index (χ3n) is 4.24. The molecule has 0 saturated carbocycles. The smallest absolute Gasteiger partial charge is 0.340 e. The van der Waals surface area contributed by atoms with Crippen molar-refractivity contribution in [3.05, 3.63) is 63.8 Å². The van der Waals surface area contributed by atoms with Crippen molar-refractivity contribution >= 4 is 28.5 Å². The van der Waals surface area contributed by atoms with Gasteiger partial charge in [-0.15, -0.1) is 0 Å². The van der Waals surface area contributed by atoms with Gasteiger partial charge in [0.05, 0.1) is 5.39 Å². The minimum Gasteiger partial charge on any atom is -0.452 e. The molecule has 132 valence electrons. The molecule has 0 N–H and O–H groups in total. The van der Waals surface area contributed by atoms with Crippen LogP contribution in [0.3, 0.4) is 0 Å². The second-order valence-electron chi connectivity index (χ2n) is 6.02. The van der Waals surface area contributed by atoms with E-state index in [2.05, 4.69) is 0 Å². The summed E-state index contributed by atoms with van der Waals surface area (Å²) in [6.07, 6.45) is 0.699. The molecule has 3 aromatic rings. The average Bonchev–Trinajstić information content (AvgIpc) is 3.20. The minimum atomic E-state index is -0.659. The van der Waals surface area contributed by atoms with Gasteiger partial charge in [0.25, 0.3) is 0 Å². The first-order valence-electron chi connectivity index (χ1n) is 8.28. The van der Waals surface area contributed by atoms with E-state index < -0.39 is 17.5 Å². The largest absolute Gasteiger partial charge is 0.452 e. The molecule has 0 unspecified atom stereocenters. The minimum absolute atomic E-state index is 0.147. The first kappa shape index (κ1) is 16.8. The second-order valence-corrected chi connectivity index (χ2v) is 6.46. The number of fused-ring (bicyclic) bond motifs is 1. The Balaban J connectivity index is 1.88. The molecule has 0 bridgehead atoms. The van der Waals surface area contributed by atoms with Gasteiger partial charge in [-0.25, -0.2) is 4.79 Å². The van der Waals surface area contributed by atoms with Gasteiger partial charge in [0.2, 0.25) is 11.2 Å². The lowest BCUT2D eigenvalue weighted by Gasteiger charge is -2.13. The van der Waals surface area contributed by atoms with Gasteiger partial charge >= 0.3 is 5.97 Å². The summed E-state index contributed by atoms with van der Waals surface area (Å²) in [6.45, 7) is 0.507. The summed E-state index contributed by atoms with van der Waals surface area (Å²) >= 11 is 6.00. The molecule has 1 saturated heterocycles.